The molecule has 0 aromatic carbocycles. The minimum Gasteiger partial charge on any atom is -0.393 e. The lowest BCUT2D eigenvalue weighted by atomic mass is 9.86. The van der Waals surface area contributed by atoms with E-state index in [0.717, 1.165) is 30.7 Å². The van der Waals surface area contributed by atoms with Crippen LogP contribution in [0.1, 0.15) is 30.6 Å². The molecule has 1 heterocycles. The molecule has 5 nitrogen and oxygen atoms in total. The van der Waals surface area contributed by atoms with Crippen LogP contribution in [0.3, 0.4) is 0 Å². The molecule has 1 aliphatic carbocycles. The Bertz CT molecular complexity index is 408. The zero-order chi connectivity index (χ0) is 13.0. The number of thiophene rings is 1. The van der Waals surface area contributed by atoms with Gasteiger partial charge in [-0.25, -0.2) is 0 Å². The van der Waals surface area contributed by atoms with E-state index >= 15 is 0 Å². The molecular weight excluding hydrogens is 252 g/mol. The molecule has 0 amide bonds. The van der Waals surface area contributed by atoms with E-state index in [1.54, 1.807) is 6.07 Å². The SMILES string of the molecule is O=[N+]([O-])c1ccc(CNCC2CCCCC2O)s1. The average molecular weight is 270 g/mol. The summed E-state index contributed by atoms with van der Waals surface area (Å²) in [7, 11) is 0. The molecule has 1 aromatic heterocycles. The van der Waals surface area contributed by atoms with Crippen molar-refractivity contribution in [3.05, 3.63) is 27.1 Å². The maximum atomic E-state index is 10.5. The number of hydrogen-bond donors (Lipinski definition) is 2. The van der Waals surface area contributed by atoms with Gasteiger partial charge in [0.2, 0.25) is 0 Å². The lowest BCUT2D eigenvalue weighted by Crippen LogP contribution is -2.33. The van der Waals surface area contributed by atoms with Crippen molar-refractivity contribution in [2.24, 2.45) is 5.92 Å². The number of nitrogens with zero attached hydrogens (tertiary/aromatic N) is 1. The molecule has 0 bridgehead atoms. The van der Waals surface area contributed by atoms with Crippen molar-refractivity contribution >= 4 is 16.3 Å². The van der Waals surface area contributed by atoms with Crippen LogP contribution in [0.15, 0.2) is 12.1 Å². The number of aliphatic hydroxyl groups is 1. The smallest absolute Gasteiger partial charge is 0.324 e. The van der Waals surface area contributed by atoms with Crippen LogP contribution in [-0.4, -0.2) is 22.7 Å². The molecular formula is C12H18N2O3S. The molecule has 100 valence electrons. The summed E-state index contributed by atoms with van der Waals surface area (Å²) in [5, 5.41) is 23.8. The van der Waals surface area contributed by atoms with Crippen LogP contribution in [0.4, 0.5) is 5.00 Å². The Balaban J connectivity index is 1.75. The van der Waals surface area contributed by atoms with E-state index in [1.165, 1.54) is 23.8 Å². The Kier molecular flexibility index (Phi) is 4.68. The van der Waals surface area contributed by atoms with Crippen molar-refractivity contribution in [2.75, 3.05) is 6.54 Å². The standard InChI is InChI=1S/C12H18N2O3S/c15-11-4-2-1-3-9(11)7-13-8-10-5-6-12(18-10)14(16)17/h5-6,9,11,13,15H,1-4,7-8H2. The molecule has 2 N–H and O–H groups in total. The van der Waals surface area contributed by atoms with Gasteiger partial charge in [-0.2, -0.15) is 0 Å². The number of rotatable bonds is 5. The average Bonchev–Trinajstić information content (AvgIpc) is 2.80. The van der Waals surface area contributed by atoms with E-state index in [9.17, 15) is 15.2 Å². The molecule has 1 saturated carbocycles. The van der Waals surface area contributed by atoms with E-state index < -0.39 is 0 Å². The summed E-state index contributed by atoms with van der Waals surface area (Å²) >= 11 is 1.20. The summed E-state index contributed by atoms with van der Waals surface area (Å²) in [6, 6.07) is 3.32. The molecule has 1 aliphatic rings. The van der Waals surface area contributed by atoms with Crippen LogP contribution >= 0.6 is 11.3 Å². The normalized spacial score (nSPS) is 24.1. The van der Waals surface area contributed by atoms with Gasteiger partial charge in [0.1, 0.15) is 0 Å². The third-order valence-corrected chi connectivity index (χ3v) is 4.44. The summed E-state index contributed by atoms with van der Waals surface area (Å²) < 4.78 is 0. The first kappa shape index (κ1) is 13.5. The first-order valence-electron chi connectivity index (χ1n) is 6.28. The highest BCUT2D eigenvalue weighted by Crippen LogP contribution is 2.25. The van der Waals surface area contributed by atoms with Gasteiger partial charge in [-0.15, -0.1) is 0 Å². The Morgan fingerprint density at radius 2 is 2.22 bits per heavy atom. The highest BCUT2D eigenvalue weighted by atomic mass is 32.1. The number of aliphatic hydroxyl groups excluding tert-OH is 1. The second kappa shape index (κ2) is 6.26. The van der Waals surface area contributed by atoms with Gasteiger partial charge in [-0.3, -0.25) is 10.1 Å². The van der Waals surface area contributed by atoms with Crippen LogP contribution in [0.2, 0.25) is 0 Å². The van der Waals surface area contributed by atoms with Crippen molar-refractivity contribution in [3.63, 3.8) is 0 Å². The summed E-state index contributed by atoms with van der Waals surface area (Å²) in [5.74, 6) is 0.327. The first-order valence-corrected chi connectivity index (χ1v) is 7.10. The van der Waals surface area contributed by atoms with Gasteiger partial charge >= 0.3 is 5.00 Å². The summed E-state index contributed by atoms with van der Waals surface area (Å²) in [6.45, 7) is 1.43. The Morgan fingerprint density at radius 1 is 1.44 bits per heavy atom. The molecule has 2 rings (SSSR count). The predicted octanol–water partition coefficient (Wildman–Crippen LogP) is 2.30. The zero-order valence-corrected chi connectivity index (χ0v) is 11.0. The van der Waals surface area contributed by atoms with Crippen LogP contribution in [0, 0.1) is 16.0 Å². The minimum atomic E-state index is -0.362. The molecule has 0 saturated heterocycles. The molecule has 2 atom stereocenters. The summed E-state index contributed by atoms with van der Waals surface area (Å²) in [5.41, 5.74) is 0. The summed E-state index contributed by atoms with van der Waals surface area (Å²) in [4.78, 5) is 11.1. The minimum absolute atomic E-state index is 0.185. The molecule has 0 radical (unpaired) electrons. The van der Waals surface area contributed by atoms with Crippen molar-refractivity contribution in [2.45, 2.75) is 38.3 Å². The monoisotopic (exact) mass is 270 g/mol. The van der Waals surface area contributed by atoms with Gasteiger partial charge in [-0.05, 0) is 24.8 Å². The van der Waals surface area contributed by atoms with Crippen LogP contribution in [0.5, 0.6) is 0 Å². The fourth-order valence-electron chi connectivity index (χ4n) is 2.37. The fourth-order valence-corrected chi connectivity index (χ4v) is 3.16. The number of nitrogens with one attached hydrogen (secondary N) is 1. The van der Waals surface area contributed by atoms with Crippen molar-refractivity contribution in [1.82, 2.24) is 5.32 Å². The first-order chi connectivity index (χ1) is 8.66. The van der Waals surface area contributed by atoms with Gasteiger partial charge < -0.3 is 10.4 Å². The van der Waals surface area contributed by atoms with E-state index in [1.807, 2.05) is 0 Å². The predicted molar refractivity (Wildman–Crippen MR) is 70.6 cm³/mol. The molecule has 1 aromatic rings. The second-order valence-electron chi connectivity index (χ2n) is 4.74. The van der Waals surface area contributed by atoms with Gasteiger partial charge in [0, 0.05) is 24.0 Å². The fraction of sp³-hybridized carbons (Fsp3) is 0.667. The quantitative estimate of drug-likeness (QED) is 0.636. The van der Waals surface area contributed by atoms with Crippen molar-refractivity contribution in [1.29, 1.82) is 0 Å². The van der Waals surface area contributed by atoms with Gasteiger partial charge in [0.25, 0.3) is 0 Å². The topological polar surface area (TPSA) is 75.4 Å². The third-order valence-electron chi connectivity index (χ3n) is 3.40. The lowest BCUT2D eigenvalue weighted by molar-refractivity contribution is -0.380. The molecule has 0 aliphatic heterocycles. The molecule has 2 unspecified atom stereocenters. The van der Waals surface area contributed by atoms with Crippen molar-refractivity contribution in [3.8, 4) is 0 Å². The Morgan fingerprint density at radius 3 is 2.89 bits per heavy atom. The molecule has 0 spiro atoms. The number of nitro groups is 1. The highest BCUT2D eigenvalue weighted by molar-refractivity contribution is 7.15. The maximum absolute atomic E-state index is 10.5. The van der Waals surface area contributed by atoms with Crippen LogP contribution < -0.4 is 5.32 Å². The van der Waals surface area contributed by atoms with E-state index in [2.05, 4.69) is 5.32 Å². The van der Waals surface area contributed by atoms with Crippen LogP contribution in [-0.2, 0) is 6.54 Å². The molecule has 6 heteroatoms. The van der Waals surface area contributed by atoms with Gasteiger partial charge in [0.15, 0.2) is 0 Å². The van der Waals surface area contributed by atoms with Crippen LogP contribution in [0.25, 0.3) is 0 Å². The summed E-state index contributed by atoms with van der Waals surface area (Å²) in [6.07, 6.45) is 4.09. The molecule has 1 fully saturated rings. The van der Waals surface area contributed by atoms with Gasteiger partial charge in [-0.1, -0.05) is 24.2 Å². The Labute approximate surface area is 110 Å². The largest absolute Gasteiger partial charge is 0.393 e. The van der Waals surface area contributed by atoms with E-state index in [4.69, 9.17) is 0 Å². The zero-order valence-electron chi connectivity index (χ0n) is 10.2. The highest BCUT2D eigenvalue weighted by Gasteiger charge is 2.22. The maximum Gasteiger partial charge on any atom is 0.324 e. The molecule has 18 heavy (non-hydrogen) atoms. The third kappa shape index (κ3) is 3.51. The second-order valence-corrected chi connectivity index (χ2v) is 5.89. The number of hydrogen-bond acceptors (Lipinski definition) is 5. The van der Waals surface area contributed by atoms with Gasteiger partial charge in [0.05, 0.1) is 11.0 Å². The lowest BCUT2D eigenvalue weighted by Gasteiger charge is -2.27. The van der Waals surface area contributed by atoms with Crippen molar-refractivity contribution < 1.29 is 10.0 Å². The van der Waals surface area contributed by atoms with E-state index in [0.29, 0.717) is 12.5 Å². The Hall–Kier alpha value is -0.980. The van der Waals surface area contributed by atoms with E-state index in [-0.39, 0.29) is 16.0 Å².